The van der Waals surface area contributed by atoms with E-state index in [0.29, 0.717) is 16.9 Å². The first kappa shape index (κ1) is 20.5. The number of benzene rings is 3. The monoisotopic (exact) mass is 431 g/mol. The van der Waals surface area contributed by atoms with Crippen LogP contribution in [0.2, 0.25) is 0 Å². The first-order valence-electron chi connectivity index (χ1n) is 11.2. The van der Waals surface area contributed by atoms with E-state index in [4.69, 9.17) is 0 Å². The molecule has 0 amide bonds. The van der Waals surface area contributed by atoms with Crippen molar-refractivity contribution in [3.63, 3.8) is 0 Å². The summed E-state index contributed by atoms with van der Waals surface area (Å²) >= 11 is 0. The van der Waals surface area contributed by atoms with Crippen LogP contribution >= 0.6 is 0 Å². The number of hydrogen-bond donors (Lipinski definition) is 0. The van der Waals surface area contributed by atoms with Crippen molar-refractivity contribution in [3.05, 3.63) is 89.5 Å². The van der Waals surface area contributed by atoms with Crippen LogP contribution in [0.15, 0.2) is 77.7 Å². The van der Waals surface area contributed by atoms with Crippen molar-refractivity contribution < 1.29 is 8.42 Å². The third-order valence-corrected chi connectivity index (χ3v) is 8.12. The molecule has 1 aliphatic carbocycles. The van der Waals surface area contributed by atoms with E-state index >= 15 is 0 Å². The van der Waals surface area contributed by atoms with E-state index in [1.165, 1.54) is 48.9 Å². The highest BCUT2D eigenvalue weighted by Crippen LogP contribution is 2.34. The number of likely N-dealkylation sites (tertiary alicyclic amines) is 1. The lowest BCUT2D eigenvalue weighted by Crippen LogP contribution is -2.37. The lowest BCUT2D eigenvalue weighted by Gasteiger charge is -2.32. The van der Waals surface area contributed by atoms with Gasteiger partial charge in [0.1, 0.15) is 0 Å². The van der Waals surface area contributed by atoms with Gasteiger partial charge in [-0.15, -0.1) is 0 Å². The molecule has 1 fully saturated rings. The minimum Gasteiger partial charge on any atom is -0.299 e. The number of nitrogens with zero attached hydrogens (tertiary/aromatic N) is 1. The minimum atomic E-state index is -3.20. The SMILES string of the molecule is CS(=O)(=O)c1cccc(-c2ccc3c(c2)CCC(N2CCC(c4ccccc4)C2)C3)c1. The molecule has 0 radical (unpaired) electrons. The number of fused-ring (bicyclic) bond motifs is 1. The normalized spacial score (nSPS) is 21.7. The maximum Gasteiger partial charge on any atom is 0.175 e. The fourth-order valence-corrected chi connectivity index (χ4v) is 5.92. The molecule has 0 N–H and O–H groups in total. The summed E-state index contributed by atoms with van der Waals surface area (Å²) in [5.74, 6) is 0.659. The van der Waals surface area contributed by atoms with Gasteiger partial charge >= 0.3 is 0 Å². The van der Waals surface area contributed by atoms with Crippen LogP contribution < -0.4 is 0 Å². The molecule has 0 saturated carbocycles. The maximum atomic E-state index is 11.9. The summed E-state index contributed by atoms with van der Waals surface area (Å²) in [4.78, 5) is 3.08. The summed E-state index contributed by atoms with van der Waals surface area (Å²) in [5.41, 5.74) is 6.41. The van der Waals surface area contributed by atoms with Gasteiger partial charge in [0, 0.05) is 18.8 Å². The lowest BCUT2D eigenvalue weighted by atomic mass is 9.85. The van der Waals surface area contributed by atoms with Crippen LogP contribution in [0.4, 0.5) is 0 Å². The summed E-state index contributed by atoms with van der Waals surface area (Å²) in [6.07, 6.45) is 5.91. The number of rotatable bonds is 4. The van der Waals surface area contributed by atoms with E-state index in [0.717, 1.165) is 24.0 Å². The molecular formula is C27H29NO2S. The van der Waals surface area contributed by atoms with E-state index in [-0.39, 0.29) is 0 Å². The fourth-order valence-electron chi connectivity index (χ4n) is 5.25. The molecule has 0 bridgehead atoms. The second-order valence-corrected chi connectivity index (χ2v) is 11.1. The van der Waals surface area contributed by atoms with Gasteiger partial charge in [-0.3, -0.25) is 4.90 Å². The second-order valence-electron chi connectivity index (χ2n) is 9.07. The van der Waals surface area contributed by atoms with Crippen molar-refractivity contribution in [1.29, 1.82) is 0 Å². The Morgan fingerprint density at radius 1 is 0.839 bits per heavy atom. The van der Waals surface area contributed by atoms with E-state index in [1.54, 1.807) is 12.1 Å². The quantitative estimate of drug-likeness (QED) is 0.576. The summed E-state index contributed by atoms with van der Waals surface area (Å²) in [7, 11) is -3.20. The largest absolute Gasteiger partial charge is 0.299 e. The number of aryl methyl sites for hydroxylation is 1. The van der Waals surface area contributed by atoms with E-state index in [1.807, 2.05) is 12.1 Å². The number of hydrogen-bond acceptors (Lipinski definition) is 3. The summed E-state index contributed by atoms with van der Waals surface area (Å²) in [6, 6.07) is 25.5. The molecule has 0 aromatic heterocycles. The van der Waals surface area contributed by atoms with Gasteiger partial charge in [-0.2, -0.15) is 0 Å². The van der Waals surface area contributed by atoms with Crippen molar-refractivity contribution >= 4 is 9.84 Å². The molecule has 2 aliphatic rings. The minimum absolute atomic E-state index is 0.379. The van der Waals surface area contributed by atoms with Gasteiger partial charge in [0.05, 0.1) is 4.90 Å². The first-order chi connectivity index (χ1) is 15.0. The molecular weight excluding hydrogens is 402 g/mol. The van der Waals surface area contributed by atoms with Gasteiger partial charge in [-0.05, 0) is 78.1 Å². The van der Waals surface area contributed by atoms with Crippen LogP contribution in [0.25, 0.3) is 11.1 Å². The Balaban J connectivity index is 1.31. The molecule has 31 heavy (non-hydrogen) atoms. The van der Waals surface area contributed by atoms with E-state index < -0.39 is 9.84 Å². The van der Waals surface area contributed by atoms with Gasteiger partial charge in [0.25, 0.3) is 0 Å². The van der Waals surface area contributed by atoms with Gasteiger partial charge in [-0.1, -0.05) is 60.7 Å². The van der Waals surface area contributed by atoms with Crippen LogP contribution in [0.3, 0.4) is 0 Å². The van der Waals surface area contributed by atoms with Crippen LogP contribution in [0.1, 0.15) is 35.4 Å². The fraction of sp³-hybridized carbons (Fsp3) is 0.333. The molecule has 5 rings (SSSR count). The summed E-state index contributed by atoms with van der Waals surface area (Å²) < 4.78 is 23.8. The van der Waals surface area contributed by atoms with E-state index in [9.17, 15) is 8.42 Å². The molecule has 2 unspecified atom stereocenters. The van der Waals surface area contributed by atoms with Crippen LogP contribution in [-0.2, 0) is 22.7 Å². The van der Waals surface area contributed by atoms with Crippen molar-refractivity contribution in [3.8, 4) is 11.1 Å². The van der Waals surface area contributed by atoms with Gasteiger partial charge in [0.15, 0.2) is 9.84 Å². The third-order valence-electron chi connectivity index (χ3n) is 7.01. The third kappa shape index (κ3) is 4.32. The maximum absolute atomic E-state index is 11.9. The van der Waals surface area contributed by atoms with Gasteiger partial charge in [0.2, 0.25) is 0 Å². The Morgan fingerprint density at radius 2 is 1.65 bits per heavy atom. The van der Waals surface area contributed by atoms with Gasteiger partial charge in [-0.25, -0.2) is 8.42 Å². The average molecular weight is 432 g/mol. The van der Waals surface area contributed by atoms with Crippen LogP contribution in [-0.4, -0.2) is 38.7 Å². The highest BCUT2D eigenvalue weighted by molar-refractivity contribution is 7.90. The van der Waals surface area contributed by atoms with Crippen molar-refractivity contribution in [2.45, 2.75) is 42.5 Å². The van der Waals surface area contributed by atoms with Crippen molar-refractivity contribution in [2.75, 3.05) is 19.3 Å². The molecule has 3 aromatic rings. The lowest BCUT2D eigenvalue weighted by molar-refractivity contribution is 0.219. The predicted octanol–water partition coefficient (Wildman–Crippen LogP) is 5.10. The molecule has 2 atom stereocenters. The second kappa shape index (κ2) is 8.25. The zero-order valence-electron chi connectivity index (χ0n) is 18.0. The standard InChI is InChI=1S/C27H29NO2S/c1-31(29,30)27-9-5-8-21(18-27)22-10-11-24-17-26(13-12-23(24)16-22)28-15-14-25(19-28)20-6-3-2-4-7-20/h2-11,16,18,25-26H,12-15,17,19H2,1H3. The molecule has 3 aromatic carbocycles. The van der Waals surface area contributed by atoms with Crippen molar-refractivity contribution in [1.82, 2.24) is 4.90 Å². The Morgan fingerprint density at radius 3 is 2.45 bits per heavy atom. The highest BCUT2D eigenvalue weighted by atomic mass is 32.2. The molecule has 160 valence electrons. The average Bonchev–Trinajstić information content (AvgIpc) is 3.29. The smallest absolute Gasteiger partial charge is 0.175 e. The Labute approximate surface area is 185 Å². The highest BCUT2D eigenvalue weighted by Gasteiger charge is 2.31. The predicted molar refractivity (Wildman–Crippen MR) is 126 cm³/mol. The summed E-state index contributed by atoms with van der Waals surface area (Å²) in [6.45, 7) is 2.36. The molecule has 3 nitrogen and oxygen atoms in total. The summed E-state index contributed by atoms with van der Waals surface area (Å²) in [5, 5.41) is 0. The topological polar surface area (TPSA) is 37.4 Å². The van der Waals surface area contributed by atoms with Crippen LogP contribution in [0.5, 0.6) is 0 Å². The zero-order valence-corrected chi connectivity index (χ0v) is 18.8. The molecule has 1 heterocycles. The Bertz CT molecular complexity index is 1190. The molecule has 1 saturated heterocycles. The van der Waals surface area contributed by atoms with Gasteiger partial charge < -0.3 is 0 Å². The zero-order chi connectivity index (χ0) is 21.4. The van der Waals surface area contributed by atoms with Crippen LogP contribution in [0, 0.1) is 0 Å². The Kier molecular flexibility index (Phi) is 5.45. The molecule has 1 aliphatic heterocycles. The van der Waals surface area contributed by atoms with Crippen molar-refractivity contribution in [2.24, 2.45) is 0 Å². The molecule has 4 heteroatoms. The molecule has 0 spiro atoms. The van der Waals surface area contributed by atoms with E-state index in [2.05, 4.69) is 53.4 Å². The number of sulfone groups is 1. The first-order valence-corrected chi connectivity index (χ1v) is 13.1. The Hall–Kier alpha value is -2.43.